The van der Waals surface area contributed by atoms with Crippen LogP contribution in [0.1, 0.15) is 12.5 Å². The number of hydrogen-bond acceptors (Lipinski definition) is 3. The van der Waals surface area contributed by atoms with Gasteiger partial charge in [-0.2, -0.15) is 0 Å². The van der Waals surface area contributed by atoms with Crippen LogP contribution in [0, 0.1) is 11.6 Å². The lowest BCUT2D eigenvalue weighted by Gasteiger charge is -2.09. The van der Waals surface area contributed by atoms with Crippen LogP contribution >= 0.6 is 0 Å². The maximum Gasteiger partial charge on any atom is 0.166 e. The predicted octanol–water partition coefficient (Wildman–Crippen LogP) is 3.04. The molecule has 5 heteroatoms. The zero-order chi connectivity index (χ0) is 13.8. The molecule has 0 radical (unpaired) electrons. The molecule has 2 rings (SSSR count). The van der Waals surface area contributed by atoms with Crippen molar-refractivity contribution in [2.45, 2.75) is 19.4 Å². The van der Waals surface area contributed by atoms with Crippen LogP contribution in [0.5, 0.6) is 11.5 Å². The molecule has 0 bridgehead atoms. The van der Waals surface area contributed by atoms with Crippen molar-refractivity contribution in [1.82, 2.24) is 4.98 Å². The molecule has 1 atom stereocenters. The zero-order valence-electron chi connectivity index (χ0n) is 10.4. The van der Waals surface area contributed by atoms with E-state index in [4.69, 9.17) is 10.5 Å². The van der Waals surface area contributed by atoms with E-state index in [1.54, 1.807) is 12.3 Å². The van der Waals surface area contributed by atoms with Crippen molar-refractivity contribution < 1.29 is 13.5 Å². The normalized spacial score (nSPS) is 12.2. The summed E-state index contributed by atoms with van der Waals surface area (Å²) < 4.78 is 31.8. The Kier molecular flexibility index (Phi) is 4.06. The van der Waals surface area contributed by atoms with E-state index in [0.717, 1.165) is 23.8 Å². The average molecular weight is 264 g/mol. The third-order valence-electron chi connectivity index (χ3n) is 2.45. The van der Waals surface area contributed by atoms with E-state index in [0.29, 0.717) is 12.2 Å². The Morgan fingerprint density at radius 3 is 2.79 bits per heavy atom. The fraction of sp³-hybridized carbons (Fsp3) is 0.214. The fourth-order valence-electron chi connectivity index (χ4n) is 1.69. The van der Waals surface area contributed by atoms with Crippen molar-refractivity contribution in [3.8, 4) is 11.5 Å². The number of hydrogen-bond donors (Lipinski definition) is 1. The van der Waals surface area contributed by atoms with Crippen molar-refractivity contribution in [3.05, 3.63) is 53.9 Å². The zero-order valence-corrected chi connectivity index (χ0v) is 10.4. The van der Waals surface area contributed by atoms with Gasteiger partial charge in [0.2, 0.25) is 0 Å². The smallest absolute Gasteiger partial charge is 0.166 e. The van der Waals surface area contributed by atoms with E-state index in [9.17, 15) is 8.78 Å². The third-order valence-corrected chi connectivity index (χ3v) is 2.45. The van der Waals surface area contributed by atoms with E-state index >= 15 is 0 Å². The molecule has 100 valence electrons. The van der Waals surface area contributed by atoms with Gasteiger partial charge < -0.3 is 10.5 Å². The van der Waals surface area contributed by atoms with Crippen molar-refractivity contribution >= 4 is 0 Å². The minimum atomic E-state index is -0.626. The quantitative estimate of drug-likeness (QED) is 0.923. The predicted molar refractivity (Wildman–Crippen MR) is 68.0 cm³/mol. The molecule has 2 N–H and O–H groups in total. The number of nitrogens with two attached hydrogens (primary N) is 1. The van der Waals surface area contributed by atoms with Crippen molar-refractivity contribution in [3.63, 3.8) is 0 Å². The monoisotopic (exact) mass is 264 g/mol. The van der Waals surface area contributed by atoms with Gasteiger partial charge in [0.25, 0.3) is 0 Å². The number of aromatic nitrogens is 1. The summed E-state index contributed by atoms with van der Waals surface area (Å²) in [6, 6.07) is 4.74. The van der Waals surface area contributed by atoms with Crippen LogP contribution in [0.25, 0.3) is 0 Å². The van der Waals surface area contributed by atoms with E-state index < -0.39 is 11.6 Å². The van der Waals surface area contributed by atoms with E-state index in [-0.39, 0.29) is 11.8 Å². The molecule has 3 nitrogen and oxygen atoms in total. The van der Waals surface area contributed by atoms with Crippen molar-refractivity contribution in [2.75, 3.05) is 0 Å². The van der Waals surface area contributed by atoms with Gasteiger partial charge in [-0.15, -0.1) is 0 Å². The summed E-state index contributed by atoms with van der Waals surface area (Å²) in [5.74, 6) is -1.00. The van der Waals surface area contributed by atoms with Gasteiger partial charge in [-0.1, -0.05) is 0 Å². The number of benzene rings is 1. The van der Waals surface area contributed by atoms with Crippen LogP contribution in [0.15, 0.2) is 36.7 Å². The molecule has 0 aliphatic rings. The maximum atomic E-state index is 13.4. The van der Waals surface area contributed by atoms with Gasteiger partial charge in [-0.25, -0.2) is 8.78 Å². The first-order valence-electron chi connectivity index (χ1n) is 5.87. The Labute approximate surface area is 110 Å². The lowest BCUT2D eigenvalue weighted by atomic mass is 10.1. The topological polar surface area (TPSA) is 48.1 Å². The summed E-state index contributed by atoms with van der Waals surface area (Å²) in [5, 5.41) is 0. The molecule has 0 saturated heterocycles. The van der Waals surface area contributed by atoms with E-state index in [1.807, 2.05) is 6.92 Å². The van der Waals surface area contributed by atoms with Crippen LogP contribution in [-0.2, 0) is 6.42 Å². The van der Waals surface area contributed by atoms with Crippen LogP contribution in [-0.4, -0.2) is 11.0 Å². The average Bonchev–Trinajstić information content (AvgIpc) is 2.33. The Balaban J connectivity index is 2.21. The standard InChI is InChI=1S/C14H14F2N2O/c1-9(17)4-10-5-12(8-18-7-10)19-14-6-11(15)2-3-13(14)16/h2-3,5-9H,4,17H2,1H3. The summed E-state index contributed by atoms with van der Waals surface area (Å²) in [6.07, 6.45) is 3.74. The summed E-state index contributed by atoms with van der Waals surface area (Å²) in [7, 11) is 0. The van der Waals surface area contributed by atoms with E-state index in [2.05, 4.69) is 4.98 Å². The lowest BCUT2D eigenvalue weighted by Crippen LogP contribution is -2.17. The van der Waals surface area contributed by atoms with Crippen LogP contribution in [0.3, 0.4) is 0 Å². The molecule has 1 heterocycles. The molecule has 0 aliphatic carbocycles. The Morgan fingerprint density at radius 2 is 2.05 bits per heavy atom. The minimum Gasteiger partial charge on any atom is -0.453 e. The molecule has 0 aliphatic heterocycles. The lowest BCUT2D eigenvalue weighted by molar-refractivity contribution is 0.434. The molecular formula is C14H14F2N2O. The van der Waals surface area contributed by atoms with Crippen molar-refractivity contribution in [2.24, 2.45) is 5.73 Å². The highest BCUT2D eigenvalue weighted by Crippen LogP contribution is 2.25. The van der Waals surface area contributed by atoms with Gasteiger partial charge in [0.05, 0.1) is 6.20 Å². The first-order valence-corrected chi connectivity index (χ1v) is 5.87. The first-order chi connectivity index (χ1) is 9.04. The second kappa shape index (κ2) is 5.75. The summed E-state index contributed by atoms with van der Waals surface area (Å²) >= 11 is 0. The Morgan fingerprint density at radius 1 is 1.26 bits per heavy atom. The number of ether oxygens (including phenoxy) is 1. The molecule has 19 heavy (non-hydrogen) atoms. The summed E-state index contributed by atoms with van der Waals surface area (Å²) in [6.45, 7) is 1.87. The molecule has 2 aromatic rings. The number of halogens is 2. The largest absolute Gasteiger partial charge is 0.453 e. The summed E-state index contributed by atoms with van der Waals surface area (Å²) in [5.41, 5.74) is 6.57. The van der Waals surface area contributed by atoms with Gasteiger partial charge in [0.15, 0.2) is 11.6 Å². The molecular weight excluding hydrogens is 250 g/mol. The molecule has 0 fully saturated rings. The Hall–Kier alpha value is -2.01. The number of nitrogens with zero attached hydrogens (tertiary/aromatic N) is 1. The fourth-order valence-corrected chi connectivity index (χ4v) is 1.69. The van der Waals surface area contributed by atoms with Gasteiger partial charge in [0, 0.05) is 18.3 Å². The SMILES string of the molecule is CC(N)Cc1cncc(Oc2cc(F)ccc2F)c1. The highest BCUT2D eigenvalue weighted by molar-refractivity contribution is 5.32. The second-order valence-electron chi connectivity index (χ2n) is 4.39. The molecule has 1 aromatic heterocycles. The molecule has 0 spiro atoms. The van der Waals surface area contributed by atoms with Crippen molar-refractivity contribution in [1.29, 1.82) is 0 Å². The maximum absolute atomic E-state index is 13.4. The molecule has 1 unspecified atom stereocenters. The third kappa shape index (κ3) is 3.72. The first kappa shape index (κ1) is 13.4. The molecule has 1 aromatic carbocycles. The van der Waals surface area contributed by atoms with Crippen LogP contribution < -0.4 is 10.5 Å². The Bertz CT molecular complexity index is 573. The van der Waals surface area contributed by atoms with Crippen LogP contribution in [0.4, 0.5) is 8.78 Å². The molecule has 0 saturated carbocycles. The second-order valence-corrected chi connectivity index (χ2v) is 4.39. The van der Waals surface area contributed by atoms with E-state index in [1.165, 1.54) is 6.20 Å². The number of rotatable bonds is 4. The highest BCUT2D eigenvalue weighted by atomic mass is 19.1. The molecule has 0 amide bonds. The van der Waals surface area contributed by atoms with Gasteiger partial charge in [-0.05, 0) is 37.1 Å². The van der Waals surface area contributed by atoms with Gasteiger partial charge >= 0.3 is 0 Å². The highest BCUT2D eigenvalue weighted by Gasteiger charge is 2.07. The minimum absolute atomic E-state index is 0.0112. The number of pyridine rings is 1. The van der Waals surface area contributed by atoms with Crippen LogP contribution in [0.2, 0.25) is 0 Å². The van der Waals surface area contributed by atoms with Gasteiger partial charge in [0.1, 0.15) is 11.6 Å². The van der Waals surface area contributed by atoms with Gasteiger partial charge in [-0.3, -0.25) is 4.98 Å². The summed E-state index contributed by atoms with van der Waals surface area (Å²) in [4.78, 5) is 3.99.